The van der Waals surface area contributed by atoms with Gasteiger partial charge in [-0.05, 0) is 55.5 Å². The van der Waals surface area contributed by atoms with E-state index < -0.39 is 6.04 Å². The number of nitrogens with one attached hydrogen (secondary N) is 1. The molecule has 0 saturated heterocycles. The van der Waals surface area contributed by atoms with Crippen molar-refractivity contribution in [3.05, 3.63) is 71.0 Å². The van der Waals surface area contributed by atoms with E-state index in [1.54, 1.807) is 35.7 Å². The number of hydrogen-bond donors (Lipinski definition) is 1. The second kappa shape index (κ2) is 11.3. The van der Waals surface area contributed by atoms with Crippen LogP contribution in [0, 0.1) is 12.7 Å². The van der Waals surface area contributed by atoms with Gasteiger partial charge in [0, 0.05) is 18.3 Å². The number of aryl methyl sites for hydroxylation is 1. The number of hydrogen-bond acceptors (Lipinski definition) is 3. The Kier molecular flexibility index (Phi) is 8.52. The third-order valence-electron chi connectivity index (χ3n) is 5.88. The summed E-state index contributed by atoms with van der Waals surface area (Å²) in [7, 11) is 0. The molecule has 2 aromatic carbocycles. The van der Waals surface area contributed by atoms with E-state index in [0.717, 1.165) is 37.0 Å². The summed E-state index contributed by atoms with van der Waals surface area (Å²) in [5.41, 5.74) is 3.21. The molecule has 1 fully saturated rings. The molecule has 6 heteroatoms. The van der Waals surface area contributed by atoms with Crippen molar-refractivity contribution in [3.8, 4) is 0 Å². The van der Waals surface area contributed by atoms with Gasteiger partial charge in [-0.3, -0.25) is 9.59 Å². The smallest absolute Gasteiger partial charge is 0.242 e. The van der Waals surface area contributed by atoms with Gasteiger partial charge in [0.05, 0.1) is 5.75 Å². The number of nitrogens with zero attached hydrogens (tertiary/aromatic N) is 1. The average Bonchev–Trinajstić information content (AvgIpc) is 3.27. The first-order valence-electron chi connectivity index (χ1n) is 10.9. The summed E-state index contributed by atoms with van der Waals surface area (Å²) in [5, 5.41) is 3.10. The number of benzene rings is 2. The van der Waals surface area contributed by atoms with Crippen LogP contribution in [0.1, 0.15) is 49.3 Å². The molecule has 2 aromatic rings. The van der Waals surface area contributed by atoms with Crippen LogP contribution in [0.2, 0.25) is 0 Å². The lowest BCUT2D eigenvalue weighted by molar-refractivity contribution is -0.138. The van der Waals surface area contributed by atoms with Crippen molar-refractivity contribution in [3.63, 3.8) is 0 Å². The molecule has 2 amide bonds. The van der Waals surface area contributed by atoms with E-state index in [1.165, 1.54) is 23.3 Å². The SMILES string of the molecule is Cc1ccccc1CSCC(=O)N(Cc1ccc(F)cc1)[C@@H](C)C(=O)NC1CCCC1. The molecule has 0 bridgehead atoms. The monoisotopic (exact) mass is 442 g/mol. The van der Waals surface area contributed by atoms with E-state index >= 15 is 0 Å². The number of carbonyl (C=O) groups excluding carboxylic acids is 2. The third kappa shape index (κ3) is 6.82. The minimum atomic E-state index is -0.586. The molecule has 1 saturated carbocycles. The minimum Gasteiger partial charge on any atom is -0.352 e. The fourth-order valence-electron chi connectivity index (χ4n) is 3.86. The van der Waals surface area contributed by atoms with Gasteiger partial charge in [-0.2, -0.15) is 0 Å². The van der Waals surface area contributed by atoms with Crippen molar-refractivity contribution >= 4 is 23.6 Å². The number of rotatable bonds is 9. The Morgan fingerprint density at radius 3 is 2.48 bits per heavy atom. The first kappa shape index (κ1) is 23.3. The molecule has 0 aromatic heterocycles. The van der Waals surface area contributed by atoms with Crippen molar-refractivity contribution in [2.24, 2.45) is 0 Å². The lowest BCUT2D eigenvalue weighted by Crippen LogP contribution is -2.50. The Balaban J connectivity index is 1.65. The second-order valence-corrected chi connectivity index (χ2v) is 9.22. The first-order valence-corrected chi connectivity index (χ1v) is 12.1. The maximum atomic E-state index is 13.3. The van der Waals surface area contributed by atoms with Gasteiger partial charge in [0.1, 0.15) is 11.9 Å². The zero-order valence-corrected chi connectivity index (χ0v) is 19.1. The Labute approximate surface area is 188 Å². The molecular weight excluding hydrogens is 411 g/mol. The van der Waals surface area contributed by atoms with E-state index in [-0.39, 0.29) is 36.0 Å². The van der Waals surface area contributed by atoms with Crippen molar-refractivity contribution in [1.29, 1.82) is 0 Å². The molecule has 166 valence electrons. The van der Waals surface area contributed by atoms with Crippen LogP contribution in [-0.2, 0) is 21.9 Å². The summed E-state index contributed by atoms with van der Waals surface area (Å²) >= 11 is 1.55. The van der Waals surface area contributed by atoms with Crippen molar-refractivity contribution < 1.29 is 14.0 Å². The van der Waals surface area contributed by atoms with Crippen LogP contribution in [0.15, 0.2) is 48.5 Å². The van der Waals surface area contributed by atoms with Gasteiger partial charge >= 0.3 is 0 Å². The molecule has 3 rings (SSSR count). The largest absolute Gasteiger partial charge is 0.352 e. The van der Waals surface area contributed by atoms with Crippen LogP contribution in [-0.4, -0.2) is 34.6 Å². The molecule has 0 heterocycles. The summed E-state index contributed by atoms with van der Waals surface area (Å²) in [6, 6.07) is 13.8. The molecule has 0 spiro atoms. The lowest BCUT2D eigenvalue weighted by atomic mass is 10.1. The summed E-state index contributed by atoms with van der Waals surface area (Å²) in [6.45, 7) is 4.12. The van der Waals surface area contributed by atoms with Gasteiger partial charge in [0.25, 0.3) is 0 Å². The Hall–Kier alpha value is -2.34. The molecule has 0 unspecified atom stereocenters. The van der Waals surface area contributed by atoms with Gasteiger partial charge in [0.2, 0.25) is 11.8 Å². The Morgan fingerprint density at radius 1 is 1.13 bits per heavy atom. The molecule has 1 atom stereocenters. The Bertz CT molecular complexity index is 881. The van der Waals surface area contributed by atoms with Crippen LogP contribution in [0.25, 0.3) is 0 Å². The molecule has 0 radical (unpaired) electrons. The predicted octanol–water partition coefficient (Wildman–Crippen LogP) is 4.84. The quantitative estimate of drug-likeness (QED) is 0.604. The van der Waals surface area contributed by atoms with E-state index in [0.29, 0.717) is 0 Å². The highest BCUT2D eigenvalue weighted by Crippen LogP contribution is 2.20. The second-order valence-electron chi connectivity index (χ2n) is 8.23. The van der Waals surface area contributed by atoms with Gasteiger partial charge in [0.15, 0.2) is 0 Å². The predicted molar refractivity (Wildman–Crippen MR) is 124 cm³/mol. The molecule has 1 aliphatic carbocycles. The number of carbonyl (C=O) groups is 2. The van der Waals surface area contributed by atoms with Gasteiger partial charge in [-0.15, -0.1) is 11.8 Å². The number of thioether (sulfide) groups is 1. The fourth-order valence-corrected chi connectivity index (χ4v) is 4.85. The highest BCUT2D eigenvalue weighted by Gasteiger charge is 2.28. The summed E-state index contributed by atoms with van der Waals surface area (Å²) in [5.74, 6) is 0.507. The minimum absolute atomic E-state index is 0.0861. The normalized spacial score (nSPS) is 14.9. The summed E-state index contributed by atoms with van der Waals surface area (Å²) in [6.07, 6.45) is 4.26. The summed E-state index contributed by atoms with van der Waals surface area (Å²) < 4.78 is 13.3. The van der Waals surface area contributed by atoms with E-state index in [4.69, 9.17) is 0 Å². The van der Waals surface area contributed by atoms with E-state index in [1.807, 2.05) is 12.1 Å². The molecule has 0 aliphatic heterocycles. The third-order valence-corrected chi connectivity index (χ3v) is 6.85. The molecular formula is C25H31FN2O2S. The first-order chi connectivity index (χ1) is 14.9. The molecule has 4 nitrogen and oxygen atoms in total. The molecule has 1 aliphatic rings. The van der Waals surface area contributed by atoms with Gasteiger partial charge in [-0.1, -0.05) is 49.2 Å². The number of amides is 2. The van der Waals surface area contributed by atoms with Gasteiger partial charge < -0.3 is 10.2 Å². The van der Waals surface area contributed by atoms with E-state index in [9.17, 15) is 14.0 Å². The van der Waals surface area contributed by atoms with Crippen LogP contribution in [0.4, 0.5) is 4.39 Å². The standard InChI is InChI=1S/C25H31FN2O2S/c1-18-7-3-4-8-21(18)16-31-17-24(29)28(15-20-11-13-22(26)14-12-20)19(2)25(30)27-23-9-5-6-10-23/h3-4,7-8,11-14,19,23H,5-6,9-10,15-17H2,1-2H3,(H,27,30)/t19-/m0/s1. The van der Waals surface area contributed by atoms with Crippen molar-refractivity contribution in [1.82, 2.24) is 10.2 Å². The zero-order valence-electron chi connectivity index (χ0n) is 18.3. The maximum Gasteiger partial charge on any atom is 0.242 e. The molecule has 31 heavy (non-hydrogen) atoms. The highest BCUT2D eigenvalue weighted by molar-refractivity contribution is 7.99. The zero-order chi connectivity index (χ0) is 22.2. The highest BCUT2D eigenvalue weighted by atomic mass is 32.2. The lowest BCUT2D eigenvalue weighted by Gasteiger charge is -2.29. The topological polar surface area (TPSA) is 49.4 Å². The Morgan fingerprint density at radius 2 is 1.81 bits per heavy atom. The van der Waals surface area contributed by atoms with Crippen LogP contribution < -0.4 is 5.32 Å². The maximum absolute atomic E-state index is 13.3. The van der Waals surface area contributed by atoms with Gasteiger partial charge in [-0.25, -0.2) is 4.39 Å². The summed E-state index contributed by atoms with van der Waals surface area (Å²) in [4.78, 5) is 27.6. The van der Waals surface area contributed by atoms with Crippen molar-refractivity contribution in [2.75, 3.05) is 5.75 Å². The molecule has 1 N–H and O–H groups in total. The van der Waals surface area contributed by atoms with Crippen molar-refractivity contribution in [2.45, 2.75) is 63.9 Å². The van der Waals surface area contributed by atoms with Crippen LogP contribution in [0.3, 0.4) is 0 Å². The van der Waals surface area contributed by atoms with Crippen LogP contribution >= 0.6 is 11.8 Å². The van der Waals surface area contributed by atoms with Crippen LogP contribution in [0.5, 0.6) is 0 Å². The number of halogens is 1. The fraction of sp³-hybridized carbons (Fsp3) is 0.440. The average molecular weight is 443 g/mol. The van der Waals surface area contributed by atoms with E-state index in [2.05, 4.69) is 24.4 Å².